The van der Waals surface area contributed by atoms with Crippen LogP contribution >= 0.6 is 28.3 Å². The maximum absolute atomic E-state index is 13.4. The first-order valence-corrected chi connectivity index (χ1v) is 10.5. The first-order valence-electron chi connectivity index (χ1n) is 9.64. The van der Waals surface area contributed by atoms with Gasteiger partial charge in [-0.1, -0.05) is 12.1 Å². The van der Waals surface area contributed by atoms with Crippen molar-refractivity contribution in [1.82, 2.24) is 9.88 Å². The summed E-state index contributed by atoms with van der Waals surface area (Å²) in [6.45, 7) is 7.17. The summed E-state index contributed by atoms with van der Waals surface area (Å²) >= 11 is 1.48. The molecule has 3 aromatic rings. The number of rotatable bonds is 6. The fourth-order valence-electron chi connectivity index (χ4n) is 3.60. The highest BCUT2D eigenvalue weighted by atomic mass is 79.9. The summed E-state index contributed by atoms with van der Waals surface area (Å²) in [4.78, 5) is 9.33. The molecule has 1 aliphatic heterocycles. The van der Waals surface area contributed by atoms with Gasteiger partial charge in [-0.05, 0) is 37.3 Å². The molecule has 8 heteroatoms. The van der Waals surface area contributed by atoms with Crippen LogP contribution in [0.4, 0.5) is 10.1 Å². The molecule has 29 heavy (non-hydrogen) atoms. The van der Waals surface area contributed by atoms with Crippen LogP contribution < -0.4 is 15.4 Å². The van der Waals surface area contributed by atoms with Crippen molar-refractivity contribution in [2.75, 3.05) is 44.2 Å². The number of para-hydroxylation sites is 2. The number of fused-ring (bicyclic) bond motifs is 1. The topological polar surface area (TPSA) is 54.6 Å². The molecule has 2 N–H and O–H groups in total. The summed E-state index contributed by atoms with van der Waals surface area (Å²) < 4.78 is 20.0. The van der Waals surface area contributed by atoms with E-state index < -0.39 is 0 Å². The molecule has 1 unspecified atom stereocenters. The smallest absolute Gasteiger partial charge is 0.142 e. The van der Waals surface area contributed by atoms with Gasteiger partial charge >= 0.3 is 0 Å². The second-order valence-corrected chi connectivity index (χ2v) is 8.02. The number of benzene rings is 2. The normalized spacial score (nSPS) is 15.9. The lowest BCUT2D eigenvalue weighted by Gasteiger charge is -2.37. The number of hydrogen-bond acceptors (Lipinski definition) is 6. The molecule has 0 bridgehead atoms. The van der Waals surface area contributed by atoms with Crippen LogP contribution in [0.2, 0.25) is 0 Å². The van der Waals surface area contributed by atoms with E-state index in [-0.39, 0.29) is 28.8 Å². The highest BCUT2D eigenvalue weighted by Gasteiger charge is 2.22. The molecule has 0 aliphatic carbocycles. The highest BCUT2D eigenvalue weighted by molar-refractivity contribution is 8.93. The fraction of sp³-hybridized carbons (Fsp3) is 0.381. The van der Waals surface area contributed by atoms with Crippen LogP contribution in [-0.4, -0.2) is 49.2 Å². The first kappa shape index (κ1) is 22.0. The molecule has 156 valence electrons. The minimum absolute atomic E-state index is 0. The molecule has 0 saturated carbocycles. The second-order valence-electron chi connectivity index (χ2n) is 6.96. The molecule has 1 aromatic heterocycles. The predicted molar refractivity (Wildman–Crippen MR) is 123 cm³/mol. The number of piperazine rings is 1. The summed E-state index contributed by atoms with van der Waals surface area (Å²) in [5.41, 5.74) is 8.38. The van der Waals surface area contributed by atoms with Crippen molar-refractivity contribution in [2.45, 2.75) is 13.0 Å². The van der Waals surface area contributed by atoms with Gasteiger partial charge in [-0.3, -0.25) is 4.90 Å². The zero-order valence-corrected chi connectivity index (χ0v) is 18.9. The van der Waals surface area contributed by atoms with Gasteiger partial charge < -0.3 is 15.4 Å². The summed E-state index contributed by atoms with van der Waals surface area (Å²) in [5.74, 6) is 0.705. The molecular weight excluding hydrogens is 455 g/mol. The van der Waals surface area contributed by atoms with Gasteiger partial charge in [-0.2, -0.15) is 0 Å². The van der Waals surface area contributed by atoms with Gasteiger partial charge in [0.2, 0.25) is 0 Å². The van der Waals surface area contributed by atoms with Gasteiger partial charge in [0.1, 0.15) is 16.6 Å². The van der Waals surface area contributed by atoms with Gasteiger partial charge in [-0.15, -0.1) is 28.3 Å². The molecule has 0 amide bonds. The van der Waals surface area contributed by atoms with Crippen LogP contribution in [0.5, 0.6) is 5.75 Å². The zero-order chi connectivity index (χ0) is 19.5. The Hall–Kier alpha value is -1.74. The van der Waals surface area contributed by atoms with Crippen molar-refractivity contribution in [2.24, 2.45) is 5.73 Å². The number of anilines is 1. The Kier molecular flexibility index (Phi) is 7.45. The van der Waals surface area contributed by atoms with Crippen molar-refractivity contribution in [1.29, 1.82) is 0 Å². The van der Waals surface area contributed by atoms with Crippen molar-refractivity contribution < 1.29 is 9.13 Å². The van der Waals surface area contributed by atoms with Crippen molar-refractivity contribution in [3.05, 3.63) is 53.3 Å². The Bertz CT molecular complexity index is 945. The maximum Gasteiger partial charge on any atom is 0.142 e. The fourth-order valence-corrected chi connectivity index (χ4v) is 4.58. The van der Waals surface area contributed by atoms with Crippen molar-refractivity contribution in [3.63, 3.8) is 0 Å². The third kappa shape index (κ3) is 5.06. The lowest BCUT2D eigenvalue weighted by molar-refractivity contribution is 0.242. The minimum atomic E-state index is -0.236. The molecule has 2 heterocycles. The maximum atomic E-state index is 13.4. The van der Waals surface area contributed by atoms with Crippen LogP contribution in [-0.2, 0) is 0 Å². The summed E-state index contributed by atoms with van der Waals surface area (Å²) in [6, 6.07) is 12.7. The highest BCUT2D eigenvalue weighted by Crippen LogP contribution is 2.30. The van der Waals surface area contributed by atoms with E-state index in [0.717, 1.165) is 59.4 Å². The minimum Gasteiger partial charge on any atom is -0.492 e. The van der Waals surface area contributed by atoms with Crippen molar-refractivity contribution in [3.8, 4) is 5.75 Å². The Balaban J connectivity index is 0.00000240. The molecule has 4 rings (SSSR count). The van der Waals surface area contributed by atoms with Gasteiger partial charge in [-0.25, -0.2) is 9.37 Å². The molecule has 2 aromatic carbocycles. The van der Waals surface area contributed by atoms with Gasteiger partial charge in [0, 0.05) is 32.7 Å². The zero-order valence-electron chi connectivity index (χ0n) is 16.4. The molecule has 1 saturated heterocycles. The number of ether oxygens (including phenoxy) is 1. The summed E-state index contributed by atoms with van der Waals surface area (Å²) in [5, 5.41) is 0.865. The lowest BCUT2D eigenvalue weighted by Crippen LogP contribution is -2.48. The van der Waals surface area contributed by atoms with Gasteiger partial charge in [0.15, 0.2) is 0 Å². The second kappa shape index (κ2) is 9.84. The van der Waals surface area contributed by atoms with Crippen molar-refractivity contribution >= 4 is 44.2 Å². The van der Waals surface area contributed by atoms with Crippen LogP contribution in [0.3, 0.4) is 0 Å². The van der Waals surface area contributed by atoms with E-state index in [2.05, 4.69) is 26.9 Å². The van der Waals surface area contributed by atoms with E-state index in [9.17, 15) is 4.39 Å². The SMILES string of the molecule is Br.CCOc1ccccc1N1CCN(CC(N)c2nc3ccc(F)cc3s2)CC1. The Labute approximate surface area is 185 Å². The average Bonchev–Trinajstić information content (AvgIpc) is 3.13. The quantitative estimate of drug-likeness (QED) is 0.571. The number of halogens is 2. The molecule has 1 aliphatic rings. The van der Waals surface area contributed by atoms with Gasteiger partial charge in [0.05, 0.1) is 28.6 Å². The molecule has 1 atom stereocenters. The van der Waals surface area contributed by atoms with E-state index in [1.807, 2.05) is 19.1 Å². The van der Waals surface area contributed by atoms with E-state index >= 15 is 0 Å². The Morgan fingerprint density at radius 2 is 1.93 bits per heavy atom. The number of nitrogens with two attached hydrogens (primary N) is 1. The Morgan fingerprint density at radius 3 is 2.69 bits per heavy atom. The molecule has 0 spiro atoms. The summed E-state index contributed by atoms with van der Waals surface area (Å²) in [6.07, 6.45) is 0. The Morgan fingerprint density at radius 1 is 1.17 bits per heavy atom. The molecule has 5 nitrogen and oxygen atoms in total. The third-order valence-corrected chi connectivity index (χ3v) is 6.17. The number of nitrogens with zero attached hydrogens (tertiary/aromatic N) is 3. The number of thiazole rings is 1. The van der Waals surface area contributed by atoms with E-state index in [4.69, 9.17) is 10.5 Å². The van der Waals surface area contributed by atoms with Crippen LogP contribution in [0.1, 0.15) is 18.0 Å². The largest absolute Gasteiger partial charge is 0.492 e. The molecule has 1 fully saturated rings. The number of hydrogen-bond donors (Lipinski definition) is 1. The van der Waals surface area contributed by atoms with Crippen LogP contribution in [0.15, 0.2) is 42.5 Å². The average molecular weight is 481 g/mol. The van der Waals surface area contributed by atoms with Crippen LogP contribution in [0, 0.1) is 5.82 Å². The molecule has 0 radical (unpaired) electrons. The van der Waals surface area contributed by atoms with Crippen LogP contribution in [0.25, 0.3) is 10.2 Å². The monoisotopic (exact) mass is 480 g/mol. The van der Waals surface area contributed by atoms with Gasteiger partial charge in [0.25, 0.3) is 0 Å². The standard InChI is InChI=1S/C21H25FN4OS.BrH/c1-2-27-19-6-4-3-5-18(19)26-11-9-25(10-12-26)14-16(23)21-24-17-8-7-15(22)13-20(17)28-21;/h3-8,13,16H,2,9-12,14,23H2,1H3;1H. The first-order chi connectivity index (χ1) is 13.6. The number of aromatic nitrogens is 1. The van der Waals surface area contributed by atoms with E-state index in [1.54, 1.807) is 6.07 Å². The molecular formula is C21H26BrFN4OS. The predicted octanol–water partition coefficient (Wildman–Crippen LogP) is 4.23. The lowest BCUT2D eigenvalue weighted by atomic mass is 10.2. The third-order valence-electron chi connectivity index (χ3n) is 5.02. The van der Waals surface area contributed by atoms with E-state index in [1.165, 1.54) is 23.5 Å². The summed E-state index contributed by atoms with van der Waals surface area (Å²) in [7, 11) is 0. The van der Waals surface area contributed by atoms with E-state index in [0.29, 0.717) is 6.61 Å².